The van der Waals surface area contributed by atoms with Crippen molar-refractivity contribution in [3.05, 3.63) is 53.8 Å². The minimum absolute atomic E-state index is 0.251. The standard InChI is InChI=1S/C14H13FN4/c1-16-9-10-8-11(15)6-7-13(10)19-14-5-3-2-4-12(14)17-18-19/h2-8,16H,9H2,1H3. The van der Waals surface area contributed by atoms with Crippen LogP contribution in [-0.2, 0) is 6.54 Å². The lowest BCUT2D eigenvalue weighted by atomic mass is 10.1. The summed E-state index contributed by atoms with van der Waals surface area (Å²) in [7, 11) is 1.83. The molecule has 0 bridgehead atoms. The molecular weight excluding hydrogens is 243 g/mol. The second kappa shape index (κ2) is 4.78. The number of para-hydroxylation sites is 1. The number of benzene rings is 2. The summed E-state index contributed by atoms with van der Waals surface area (Å²) in [6.07, 6.45) is 0. The third kappa shape index (κ3) is 2.08. The van der Waals surface area contributed by atoms with Gasteiger partial charge in [0.1, 0.15) is 11.3 Å². The number of hydrogen-bond donors (Lipinski definition) is 1. The number of hydrogen-bond acceptors (Lipinski definition) is 3. The van der Waals surface area contributed by atoms with Crippen molar-refractivity contribution in [2.45, 2.75) is 6.54 Å². The quantitative estimate of drug-likeness (QED) is 0.781. The molecular formula is C14H13FN4. The maximum atomic E-state index is 13.4. The molecule has 2 aromatic carbocycles. The van der Waals surface area contributed by atoms with Gasteiger partial charge in [-0.25, -0.2) is 9.07 Å². The van der Waals surface area contributed by atoms with Crippen LogP contribution in [0.25, 0.3) is 16.7 Å². The number of halogens is 1. The summed E-state index contributed by atoms with van der Waals surface area (Å²) < 4.78 is 15.1. The molecule has 1 N–H and O–H groups in total. The number of fused-ring (bicyclic) bond motifs is 1. The first-order chi connectivity index (χ1) is 9.29. The fourth-order valence-electron chi connectivity index (χ4n) is 2.14. The van der Waals surface area contributed by atoms with Crippen molar-refractivity contribution in [1.82, 2.24) is 20.3 Å². The Hall–Kier alpha value is -2.27. The first-order valence-electron chi connectivity index (χ1n) is 6.03. The molecule has 0 unspecified atom stereocenters. The fourth-order valence-corrected chi connectivity index (χ4v) is 2.14. The molecule has 5 heteroatoms. The van der Waals surface area contributed by atoms with Gasteiger partial charge in [-0.15, -0.1) is 5.10 Å². The fraction of sp³-hybridized carbons (Fsp3) is 0.143. The zero-order valence-corrected chi connectivity index (χ0v) is 10.5. The molecule has 0 saturated heterocycles. The highest BCUT2D eigenvalue weighted by atomic mass is 19.1. The summed E-state index contributed by atoms with van der Waals surface area (Å²) in [6.45, 7) is 0.571. The van der Waals surface area contributed by atoms with E-state index >= 15 is 0 Å². The van der Waals surface area contributed by atoms with Crippen LogP contribution in [0.3, 0.4) is 0 Å². The molecule has 0 aliphatic carbocycles. The van der Waals surface area contributed by atoms with Crippen LogP contribution in [0.4, 0.5) is 4.39 Å². The second-order valence-corrected chi connectivity index (χ2v) is 4.29. The maximum absolute atomic E-state index is 13.4. The lowest BCUT2D eigenvalue weighted by Crippen LogP contribution is -2.10. The van der Waals surface area contributed by atoms with Gasteiger partial charge in [0.15, 0.2) is 0 Å². The van der Waals surface area contributed by atoms with Crippen molar-refractivity contribution < 1.29 is 4.39 Å². The predicted octanol–water partition coefficient (Wildman–Crippen LogP) is 2.28. The van der Waals surface area contributed by atoms with Gasteiger partial charge in [-0.1, -0.05) is 17.3 Å². The van der Waals surface area contributed by atoms with E-state index in [4.69, 9.17) is 0 Å². The second-order valence-electron chi connectivity index (χ2n) is 4.29. The summed E-state index contributed by atoms with van der Waals surface area (Å²) in [4.78, 5) is 0. The summed E-state index contributed by atoms with van der Waals surface area (Å²) in [5.41, 5.74) is 3.41. The molecule has 4 nitrogen and oxygen atoms in total. The van der Waals surface area contributed by atoms with Crippen LogP contribution < -0.4 is 5.32 Å². The van der Waals surface area contributed by atoms with Gasteiger partial charge >= 0.3 is 0 Å². The number of aromatic nitrogens is 3. The molecule has 0 saturated carbocycles. The molecule has 1 heterocycles. The molecule has 3 rings (SSSR count). The van der Waals surface area contributed by atoms with E-state index in [9.17, 15) is 4.39 Å². The van der Waals surface area contributed by atoms with Crippen LogP contribution in [0.2, 0.25) is 0 Å². The zero-order chi connectivity index (χ0) is 13.2. The molecule has 0 fully saturated rings. The first kappa shape index (κ1) is 11.8. The van der Waals surface area contributed by atoms with Gasteiger partial charge in [0.25, 0.3) is 0 Å². The van der Waals surface area contributed by atoms with Crippen LogP contribution in [0.15, 0.2) is 42.5 Å². The van der Waals surface area contributed by atoms with Gasteiger partial charge < -0.3 is 5.32 Å². The normalized spacial score (nSPS) is 11.1. The van der Waals surface area contributed by atoms with E-state index in [2.05, 4.69) is 15.6 Å². The third-order valence-electron chi connectivity index (χ3n) is 2.99. The summed E-state index contributed by atoms with van der Waals surface area (Å²) in [6, 6.07) is 12.4. The Bertz CT molecular complexity index is 720. The molecule has 0 atom stereocenters. The largest absolute Gasteiger partial charge is 0.316 e. The maximum Gasteiger partial charge on any atom is 0.123 e. The Balaban J connectivity index is 2.21. The van der Waals surface area contributed by atoms with E-state index in [1.807, 2.05) is 31.3 Å². The van der Waals surface area contributed by atoms with Crippen molar-refractivity contribution in [3.63, 3.8) is 0 Å². The van der Waals surface area contributed by atoms with Gasteiger partial charge in [0.05, 0.1) is 11.2 Å². The average Bonchev–Trinajstić information content (AvgIpc) is 2.83. The highest BCUT2D eigenvalue weighted by molar-refractivity contribution is 5.76. The highest BCUT2D eigenvalue weighted by Gasteiger charge is 2.10. The SMILES string of the molecule is CNCc1cc(F)ccc1-n1nnc2ccccc21. The molecule has 0 amide bonds. The number of nitrogens with one attached hydrogen (secondary N) is 1. The Kier molecular flexibility index (Phi) is 2.97. The zero-order valence-electron chi connectivity index (χ0n) is 10.5. The van der Waals surface area contributed by atoms with Crippen LogP contribution in [-0.4, -0.2) is 22.0 Å². The molecule has 0 radical (unpaired) electrons. The van der Waals surface area contributed by atoms with Gasteiger partial charge in [0.2, 0.25) is 0 Å². The van der Waals surface area contributed by atoms with Gasteiger partial charge in [-0.2, -0.15) is 0 Å². The lowest BCUT2D eigenvalue weighted by molar-refractivity contribution is 0.622. The lowest BCUT2D eigenvalue weighted by Gasteiger charge is -2.09. The Morgan fingerprint density at radius 2 is 2.05 bits per heavy atom. The topological polar surface area (TPSA) is 42.7 Å². The van der Waals surface area contributed by atoms with Crippen LogP contribution >= 0.6 is 0 Å². The van der Waals surface area contributed by atoms with Crippen LogP contribution in [0, 0.1) is 5.82 Å². The van der Waals surface area contributed by atoms with Crippen molar-refractivity contribution >= 4 is 11.0 Å². The van der Waals surface area contributed by atoms with Gasteiger partial charge in [0, 0.05) is 6.54 Å². The van der Waals surface area contributed by atoms with Crippen LogP contribution in [0.5, 0.6) is 0 Å². The molecule has 19 heavy (non-hydrogen) atoms. The Labute approximate surface area is 109 Å². The van der Waals surface area contributed by atoms with E-state index in [0.717, 1.165) is 22.3 Å². The molecule has 0 spiro atoms. The van der Waals surface area contributed by atoms with E-state index in [1.54, 1.807) is 10.7 Å². The highest BCUT2D eigenvalue weighted by Crippen LogP contribution is 2.20. The minimum Gasteiger partial charge on any atom is -0.316 e. The number of nitrogens with zero attached hydrogens (tertiary/aromatic N) is 3. The third-order valence-corrected chi connectivity index (χ3v) is 2.99. The average molecular weight is 256 g/mol. The molecule has 96 valence electrons. The van der Waals surface area contributed by atoms with Crippen molar-refractivity contribution in [1.29, 1.82) is 0 Å². The van der Waals surface area contributed by atoms with Crippen LogP contribution in [0.1, 0.15) is 5.56 Å². The summed E-state index contributed by atoms with van der Waals surface area (Å²) >= 11 is 0. The summed E-state index contributed by atoms with van der Waals surface area (Å²) in [5.74, 6) is -0.251. The predicted molar refractivity (Wildman–Crippen MR) is 71.6 cm³/mol. The van der Waals surface area contributed by atoms with Crippen molar-refractivity contribution in [3.8, 4) is 5.69 Å². The summed E-state index contributed by atoms with van der Waals surface area (Å²) in [5, 5.41) is 11.3. The molecule has 1 aromatic heterocycles. The molecule has 0 aliphatic rings. The Morgan fingerprint density at radius 1 is 1.21 bits per heavy atom. The first-order valence-corrected chi connectivity index (χ1v) is 6.03. The van der Waals surface area contributed by atoms with Gasteiger partial charge in [-0.3, -0.25) is 0 Å². The molecule has 3 aromatic rings. The van der Waals surface area contributed by atoms with E-state index < -0.39 is 0 Å². The van der Waals surface area contributed by atoms with Crippen molar-refractivity contribution in [2.75, 3.05) is 7.05 Å². The van der Waals surface area contributed by atoms with E-state index in [0.29, 0.717) is 6.54 Å². The minimum atomic E-state index is -0.251. The molecule has 0 aliphatic heterocycles. The van der Waals surface area contributed by atoms with Gasteiger partial charge in [-0.05, 0) is 42.9 Å². The van der Waals surface area contributed by atoms with E-state index in [-0.39, 0.29) is 5.82 Å². The van der Waals surface area contributed by atoms with E-state index in [1.165, 1.54) is 12.1 Å². The monoisotopic (exact) mass is 256 g/mol. The number of rotatable bonds is 3. The smallest absolute Gasteiger partial charge is 0.123 e. The Morgan fingerprint density at radius 3 is 2.89 bits per heavy atom. The van der Waals surface area contributed by atoms with Crippen molar-refractivity contribution in [2.24, 2.45) is 0 Å².